The van der Waals surface area contributed by atoms with Crippen LogP contribution < -0.4 is 0 Å². The molecule has 22 heavy (non-hydrogen) atoms. The smallest absolute Gasteiger partial charge is 0.388 e. The fourth-order valence-electron chi connectivity index (χ4n) is 1.87. The molecule has 1 heterocycles. The zero-order chi connectivity index (χ0) is 16.7. The predicted molar refractivity (Wildman–Crippen MR) is 60.4 cm³/mol. The van der Waals surface area contributed by atoms with Crippen LogP contribution in [0.4, 0.5) is 22.0 Å². The number of hydrogen-bond acceptors (Lipinski definition) is 4. The molecule has 10 heteroatoms. The molecular weight excluding hydrogens is 317 g/mol. The molecule has 1 fully saturated rings. The van der Waals surface area contributed by atoms with E-state index in [4.69, 9.17) is 4.84 Å². The highest BCUT2D eigenvalue weighted by atomic mass is 19.4. The number of halogens is 5. The predicted octanol–water partition coefficient (Wildman–Crippen LogP) is 1.09. The third-order valence-corrected chi connectivity index (χ3v) is 3.00. The van der Waals surface area contributed by atoms with Crippen molar-refractivity contribution in [2.45, 2.75) is 18.4 Å². The van der Waals surface area contributed by atoms with E-state index in [1.54, 1.807) is 0 Å². The van der Waals surface area contributed by atoms with Crippen molar-refractivity contribution in [1.82, 2.24) is 5.06 Å². The van der Waals surface area contributed by atoms with E-state index < -0.39 is 60.2 Å². The first kappa shape index (κ1) is 16.6. The lowest BCUT2D eigenvalue weighted by Gasteiger charge is -2.32. The van der Waals surface area contributed by atoms with Gasteiger partial charge in [0.2, 0.25) is 0 Å². The van der Waals surface area contributed by atoms with Gasteiger partial charge in [0.25, 0.3) is 5.91 Å². The minimum Gasteiger partial charge on any atom is -0.388 e. The summed E-state index contributed by atoms with van der Waals surface area (Å²) in [6.45, 7) is -0.942. The Morgan fingerprint density at radius 2 is 1.73 bits per heavy atom. The van der Waals surface area contributed by atoms with Gasteiger partial charge in [-0.25, -0.2) is 13.8 Å². The van der Waals surface area contributed by atoms with Crippen molar-refractivity contribution in [3.05, 3.63) is 34.9 Å². The molecule has 2 rings (SSSR count). The molecule has 1 aromatic carbocycles. The lowest BCUT2D eigenvalue weighted by Crippen LogP contribution is -2.50. The number of carbonyl (C=O) groups is 1. The second-order valence-electron chi connectivity index (χ2n) is 4.61. The van der Waals surface area contributed by atoms with Gasteiger partial charge in [0.15, 0.2) is 0 Å². The lowest BCUT2D eigenvalue weighted by atomic mass is 10.1. The van der Waals surface area contributed by atoms with Crippen LogP contribution in [0.1, 0.15) is 15.9 Å². The maximum Gasteiger partial charge on any atom is 0.422 e. The summed E-state index contributed by atoms with van der Waals surface area (Å²) in [6, 6.07) is 0.462. The summed E-state index contributed by atoms with van der Waals surface area (Å²) in [5.74, 6) is -5.01. The molecule has 1 aliphatic rings. The summed E-state index contributed by atoms with van der Waals surface area (Å²) in [7, 11) is 0. The lowest BCUT2D eigenvalue weighted by molar-refractivity contribution is -0.212. The molecule has 0 unspecified atom stereocenters. The van der Waals surface area contributed by atoms with Gasteiger partial charge < -0.3 is 10.2 Å². The number of nitrogens with zero attached hydrogens (tertiary/aromatic N) is 1. The Bertz CT molecular complexity index is 568. The van der Waals surface area contributed by atoms with Crippen molar-refractivity contribution < 1.29 is 41.8 Å². The zero-order valence-corrected chi connectivity index (χ0v) is 10.8. The Morgan fingerprint density at radius 3 is 2.18 bits per heavy atom. The minimum absolute atomic E-state index is 0.231. The SMILES string of the molecule is O=C(c1cc(F)c(C(F)(F)F)c(F)c1)N1C[C@H](O)[C@H](O)CO1. The molecule has 0 bridgehead atoms. The number of hydrogen-bond donors (Lipinski definition) is 2. The van der Waals surface area contributed by atoms with E-state index in [0.29, 0.717) is 5.06 Å². The number of β-amino-alcohol motifs (C(OH)–C–C–N with tert-alkyl or cyclic N) is 1. The van der Waals surface area contributed by atoms with Crippen LogP contribution in [0.2, 0.25) is 0 Å². The Kier molecular flexibility index (Phi) is 4.36. The summed E-state index contributed by atoms with van der Waals surface area (Å²) < 4.78 is 64.1. The van der Waals surface area contributed by atoms with Crippen LogP contribution in [0.25, 0.3) is 0 Å². The molecule has 0 aliphatic carbocycles. The largest absolute Gasteiger partial charge is 0.422 e. The molecule has 2 atom stereocenters. The first-order valence-electron chi connectivity index (χ1n) is 5.98. The molecule has 0 radical (unpaired) electrons. The van der Waals surface area contributed by atoms with Crippen molar-refractivity contribution in [3.63, 3.8) is 0 Å². The van der Waals surface area contributed by atoms with Gasteiger partial charge in [-0.05, 0) is 12.1 Å². The fraction of sp³-hybridized carbons (Fsp3) is 0.417. The third-order valence-electron chi connectivity index (χ3n) is 3.00. The Hall–Kier alpha value is -1.78. The normalized spacial score (nSPS) is 22.8. The number of amides is 1. The van der Waals surface area contributed by atoms with Gasteiger partial charge in [0.05, 0.1) is 6.54 Å². The highest BCUT2D eigenvalue weighted by Crippen LogP contribution is 2.34. The van der Waals surface area contributed by atoms with Gasteiger partial charge >= 0.3 is 6.18 Å². The van der Waals surface area contributed by atoms with Gasteiger partial charge in [-0.1, -0.05) is 0 Å². The quantitative estimate of drug-likeness (QED) is 0.758. The number of rotatable bonds is 1. The third kappa shape index (κ3) is 3.18. The average Bonchev–Trinajstić information content (AvgIpc) is 2.38. The number of aliphatic hydroxyl groups excluding tert-OH is 2. The van der Waals surface area contributed by atoms with Gasteiger partial charge in [-0.15, -0.1) is 0 Å². The minimum atomic E-state index is -5.24. The van der Waals surface area contributed by atoms with Crippen LogP contribution in [0.5, 0.6) is 0 Å². The highest BCUT2D eigenvalue weighted by molar-refractivity contribution is 5.93. The molecule has 0 aromatic heterocycles. The first-order chi connectivity index (χ1) is 10.1. The van der Waals surface area contributed by atoms with Crippen LogP contribution >= 0.6 is 0 Å². The number of alkyl halides is 3. The number of benzene rings is 1. The van der Waals surface area contributed by atoms with Gasteiger partial charge in [0.1, 0.15) is 36.0 Å². The van der Waals surface area contributed by atoms with Gasteiger partial charge in [0, 0.05) is 5.56 Å². The van der Waals surface area contributed by atoms with E-state index in [9.17, 15) is 37.0 Å². The topological polar surface area (TPSA) is 70.0 Å². The van der Waals surface area contributed by atoms with Crippen LogP contribution in [0.3, 0.4) is 0 Å². The Balaban J connectivity index is 2.28. The Labute approximate surface area is 120 Å². The second kappa shape index (κ2) is 5.78. The zero-order valence-electron chi connectivity index (χ0n) is 10.8. The van der Waals surface area contributed by atoms with Crippen molar-refractivity contribution in [2.75, 3.05) is 13.2 Å². The monoisotopic (exact) mass is 327 g/mol. The van der Waals surface area contributed by atoms with Gasteiger partial charge in [-0.2, -0.15) is 13.2 Å². The second-order valence-corrected chi connectivity index (χ2v) is 4.61. The molecule has 0 spiro atoms. The van der Waals surface area contributed by atoms with Crippen molar-refractivity contribution >= 4 is 5.91 Å². The standard InChI is InChI=1S/C12H10F5NO4/c13-6-1-5(2-7(14)10(6)12(15,16)17)11(21)18-3-8(19)9(20)4-22-18/h1-2,8-9,19-20H,3-4H2/t8-,9+/m0/s1. The summed E-state index contributed by atoms with van der Waals surface area (Å²) >= 11 is 0. The molecule has 1 amide bonds. The molecule has 0 saturated carbocycles. The van der Waals surface area contributed by atoms with Crippen LogP contribution in [0, 0.1) is 11.6 Å². The summed E-state index contributed by atoms with van der Waals surface area (Å²) in [6.07, 6.45) is -7.83. The first-order valence-corrected chi connectivity index (χ1v) is 5.98. The molecular formula is C12H10F5NO4. The summed E-state index contributed by atoms with van der Waals surface area (Å²) in [5, 5.41) is 19.1. The summed E-state index contributed by atoms with van der Waals surface area (Å²) in [4.78, 5) is 16.7. The Morgan fingerprint density at radius 1 is 1.18 bits per heavy atom. The molecule has 122 valence electrons. The van der Waals surface area contributed by atoms with Crippen molar-refractivity contribution in [2.24, 2.45) is 0 Å². The average molecular weight is 327 g/mol. The van der Waals surface area contributed by atoms with Crippen molar-refractivity contribution in [1.29, 1.82) is 0 Å². The van der Waals surface area contributed by atoms with Crippen LogP contribution in [-0.2, 0) is 11.0 Å². The number of aliphatic hydroxyl groups is 2. The molecule has 2 N–H and O–H groups in total. The van der Waals surface area contributed by atoms with Gasteiger partial charge in [-0.3, -0.25) is 9.63 Å². The van der Waals surface area contributed by atoms with Crippen LogP contribution in [0.15, 0.2) is 12.1 Å². The number of carbonyl (C=O) groups excluding carboxylic acids is 1. The van der Waals surface area contributed by atoms with E-state index >= 15 is 0 Å². The van der Waals surface area contributed by atoms with E-state index in [1.165, 1.54) is 0 Å². The maximum atomic E-state index is 13.4. The van der Waals surface area contributed by atoms with E-state index in [1.807, 2.05) is 0 Å². The molecule has 1 saturated heterocycles. The van der Waals surface area contributed by atoms with E-state index in [2.05, 4.69) is 0 Å². The fourth-order valence-corrected chi connectivity index (χ4v) is 1.87. The van der Waals surface area contributed by atoms with Crippen LogP contribution in [-0.4, -0.2) is 46.5 Å². The molecule has 5 nitrogen and oxygen atoms in total. The van der Waals surface area contributed by atoms with E-state index in [0.717, 1.165) is 0 Å². The maximum absolute atomic E-state index is 13.4. The van der Waals surface area contributed by atoms with Crippen molar-refractivity contribution in [3.8, 4) is 0 Å². The number of hydroxylamine groups is 2. The summed E-state index contributed by atoms with van der Waals surface area (Å²) in [5.41, 5.74) is -2.81. The van der Waals surface area contributed by atoms with E-state index in [-0.39, 0.29) is 12.1 Å². The molecule has 1 aromatic rings. The molecule has 1 aliphatic heterocycles. The highest BCUT2D eigenvalue weighted by Gasteiger charge is 2.39.